The summed E-state index contributed by atoms with van der Waals surface area (Å²) in [7, 11) is 0. The average Bonchev–Trinajstić information content (AvgIpc) is 2.73. The van der Waals surface area contributed by atoms with Gasteiger partial charge in [-0.25, -0.2) is 4.79 Å². The highest BCUT2D eigenvalue weighted by Crippen LogP contribution is 2.28. The lowest BCUT2D eigenvalue weighted by atomic mass is 10.3. The summed E-state index contributed by atoms with van der Waals surface area (Å²) in [4.78, 5) is 24.1. The molecule has 1 aromatic heterocycles. The fourth-order valence-corrected chi connectivity index (χ4v) is 3.52. The molecule has 7 heteroatoms. The fourth-order valence-electron chi connectivity index (χ4n) is 2.20. The molecule has 0 bridgehead atoms. The third-order valence-corrected chi connectivity index (χ3v) is 4.68. The molecule has 1 heterocycles. The highest BCUT2D eigenvalue weighted by Gasteiger charge is 2.14. The lowest BCUT2D eigenvalue weighted by molar-refractivity contribution is -0.133. The van der Waals surface area contributed by atoms with Gasteiger partial charge in [0.2, 0.25) is 0 Å². The van der Waals surface area contributed by atoms with Gasteiger partial charge in [-0.05, 0) is 31.5 Å². The van der Waals surface area contributed by atoms with E-state index < -0.39 is 5.97 Å². The number of nitrogens with zero attached hydrogens (tertiary/aromatic N) is 2. The topological polar surface area (TPSA) is 64.2 Å². The molecule has 1 aromatic carbocycles. The van der Waals surface area contributed by atoms with Crippen LogP contribution in [0.3, 0.4) is 0 Å². The lowest BCUT2D eigenvalue weighted by Gasteiger charge is -2.09. The van der Waals surface area contributed by atoms with Gasteiger partial charge in [-0.1, -0.05) is 22.9 Å². The van der Waals surface area contributed by atoms with Gasteiger partial charge >= 0.3 is 11.7 Å². The number of rotatable bonds is 6. The first-order valence-electron chi connectivity index (χ1n) is 6.87. The quantitative estimate of drug-likeness (QED) is 0.775. The molecule has 0 aliphatic heterocycles. The largest absolute Gasteiger partial charge is 0.481 e. The highest BCUT2D eigenvalue weighted by atomic mass is 79.9. The Morgan fingerprint density at radius 3 is 2.77 bits per heavy atom. The Hall–Kier alpha value is -1.47. The molecule has 2 aromatic rings. The molecule has 0 saturated carbocycles. The standard InChI is InChI=1S/C15H17BrN2O3S/c1-3-6-17-10(2)8-18(15(17)21)12-5-4-11(16)7-13(12)22-9-14(19)20/h4-5,7-8H,3,6,9H2,1-2H3,(H,19,20). The predicted molar refractivity (Wildman–Crippen MR) is 91.1 cm³/mol. The van der Waals surface area contributed by atoms with Crippen molar-refractivity contribution in [3.05, 3.63) is 45.0 Å². The van der Waals surface area contributed by atoms with Crippen LogP contribution < -0.4 is 5.69 Å². The molecule has 0 radical (unpaired) electrons. The van der Waals surface area contributed by atoms with Crippen LogP contribution in [0.15, 0.2) is 38.6 Å². The molecule has 0 amide bonds. The number of thioether (sulfide) groups is 1. The highest BCUT2D eigenvalue weighted by molar-refractivity contribution is 9.10. The van der Waals surface area contributed by atoms with Crippen molar-refractivity contribution in [2.45, 2.75) is 31.7 Å². The molecule has 0 unspecified atom stereocenters. The average molecular weight is 385 g/mol. The van der Waals surface area contributed by atoms with Gasteiger partial charge in [0.1, 0.15) is 0 Å². The number of imidazole rings is 1. The molecule has 22 heavy (non-hydrogen) atoms. The molecule has 118 valence electrons. The molecule has 2 rings (SSSR count). The minimum atomic E-state index is -0.886. The Morgan fingerprint density at radius 1 is 1.41 bits per heavy atom. The molecule has 0 spiro atoms. The van der Waals surface area contributed by atoms with E-state index in [0.29, 0.717) is 12.2 Å². The Bertz CT molecular complexity index is 752. The van der Waals surface area contributed by atoms with Gasteiger partial charge in [-0.2, -0.15) is 0 Å². The fraction of sp³-hybridized carbons (Fsp3) is 0.333. The Labute approximate surface area is 141 Å². The van der Waals surface area contributed by atoms with Crippen molar-refractivity contribution in [3.63, 3.8) is 0 Å². The number of hydrogen-bond acceptors (Lipinski definition) is 3. The smallest absolute Gasteiger partial charge is 0.332 e. The van der Waals surface area contributed by atoms with E-state index >= 15 is 0 Å². The molecule has 5 nitrogen and oxygen atoms in total. The molecular formula is C15H17BrN2O3S. The van der Waals surface area contributed by atoms with E-state index in [1.54, 1.807) is 15.3 Å². The van der Waals surface area contributed by atoms with Gasteiger partial charge in [0.05, 0.1) is 11.4 Å². The van der Waals surface area contributed by atoms with E-state index in [1.807, 2.05) is 32.0 Å². The zero-order chi connectivity index (χ0) is 16.3. The van der Waals surface area contributed by atoms with Crippen molar-refractivity contribution < 1.29 is 9.90 Å². The van der Waals surface area contributed by atoms with Crippen LogP contribution in [0.4, 0.5) is 0 Å². The normalized spacial score (nSPS) is 10.9. The monoisotopic (exact) mass is 384 g/mol. The summed E-state index contributed by atoms with van der Waals surface area (Å²) >= 11 is 4.59. The zero-order valence-corrected chi connectivity index (χ0v) is 14.8. The van der Waals surface area contributed by atoms with Crippen molar-refractivity contribution in [3.8, 4) is 5.69 Å². The Kier molecular flexibility index (Phi) is 5.52. The molecule has 0 aliphatic rings. The molecule has 1 N–H and O–H groups in total. The first kappa shape index (κ1) is 16.9. The van der Waals surface area contributed by atoms with E-state index in [9.17, 15) is 9.59 Å². The lowest BCUT2D eigenvalue weighted by Crippen LogP contribution is -2.24. The number of benzene rings is 1. The van der Waals surface area contributed by atoms with Crippen LogP contribution in [0.25, 0.3) is 5.69 Å². The summed E-state index contributed by atoms with van der Waals surface area (Å²) in [5, 5.41) is 8.87. The summed E-state index contributed by atoms with van der Waals surface area (Å²) in [5.74, 6) is -0.935. The minimum Gasteiger partial charge on any atom is -0.481 e. The maximum atomic E-state index is 12.5. The van der Waals surface area contributed by atoms with E-state index in [2.05, 4.69) is 15.9 Å². The van der Waals surface area contributed by atoms with Gasteiger partial charge in [-0.3, -0.25) is 13.9 Å². The SMILES string of the molecule is CCCn1c(C)cn(-c2ccc(Br)cc2SCC(=O)O)c1=O. The first-order chi connectivity index (χ1) is 10.4. The number of carboxylic acids is 1. The van der Waals surface area contributed by atoms with E-state index in [1.165, 1.54) is 11.8 Å². The second-order valence-corrected chi connectivity index (χ2v) is 6.80. The summed E-state index contributed by atoms with van der Waals surface area (Å²) < 4.78 is 4.16. The molecule has 0 saturated heterocycles. The van der Waals surface area contributed by atoms with Crippen molar-refractivity contribution in [1.29, 1.82) is 0 Å². The van der Waals surface area contributed by atoms with Gasteiger partial charge in [0, 0.05) is 27.8 Å². The minimum absolute atomic E-state index is 0.0488. The van der Waals surface area contributed by atoms with Gasteiger partial charge in [0.15, 0.2) is 0 Å². The number of carboxylic acid groups (broad SMARTS) is 1. The van der Waals surface area contributed by atoms with Crippen LogP contribution >= 0.6 is 27.7 Å². The summed E-state index contributed by atoms with van der Waals surface area (Å²) in [5.41, 5.74) is 1.50. The van der Waals surface area contributed by atoms with Crippen LogP contribution in [-0.2, 0) is 11.3 Å². The second-order valence-electron chi connectivity index (χ2n) is 4.87. The van der Waals surface area contributed by atoms with Crippen LogP contribution in [0.2, 0.25) is 0 Å². The summed E-state index contributed by atoms with van der Waals surface area (Å²) in [6.45, 7) is 4.60. The van der Waals surface area contributed by atoms with Gasteiger partial charge in [0.25, 0.3) is 0 Å². The number of aromatic nitrogens is 2. The van der Waals surface area contributed by atoms with Crippen LogP contribution in [-0.4, -0.2) is 26.0 Å². The number of hydrogen-bond donors (Lipinski definition) is 1. The van der Waals surface area contributed by atoms with E-state index in [-0.39, 0.29) is 11.4 Å². The summed E-state index contributed by atoms with van der Waals surface area (Å²) in [6, 6.07) is 5.51. The Morgan fingerprint density at radius 2 is 2.14 bits per heavy atom. The second kappa shape index (κ2) is 7.19. The van der Waals surface area contributed by atoms with Crippen LogP contribution in [0.5, 0.6) is 0 Å². The maximum Gasteiger partial charge on any atom is 0.332 e. The number of halogens is 1. The van der Waals surface area contributed by atoms with E-state index in [4.69, 9.17) is 5.11 Å². The number of aryl methyl sites for hydroxylation is 1. The number of carbonyl (C=O) groups is 1. The number of aliphatic carboxylic acids is 1. The van der Waals surface area contributed by atoms with Crippen molar-refractivity contribution in [2.75, 3.05) is 5.75 Å². The molecule has 0 atom stereocenters. The zero-order valence-electron chi connectivity index (χ0n) is 12.4. The van der Waals surface area contributed by atoms with Crippen molar-refractivity contribution >= 4 is 33.7 Å². The molecule has 0 fully saturated rings. The molecule has 0 aliphatic carbocycles. The predicted octanol–water partition coefficient (Wildman–Crippen LogP) is 3.30. The van der Waals surface area contributed by atoms with Gasteiger partial charge in [-0.15, -0.1) is 11.8 Å². The Balaban J connectivity index is 2.50. The van der Waals surface area contributed by atoms with Crippen LogP contribution in [0, 0.1) is 6.92 Å². The van der Waals surface area contributed by atoms with Crippen molar-refractivity contribution in [1.82, 2.24) is 9.13 Å². The summed E-state index contributed by atoms with van der Waals surface area (Å²) in [6.07, 6.45) is 2.68. The third kappa shape index (κ3) is 3.64. The van der Waals surface area contributed by atoms with Gasteiger partial charge < -0.3 is 5.11 Å². The first-order valence-corrected chi connectivity index (χ1v) is 8.65. The van der Waals surface area contributed by atoms with E-state index in [0.717, 1.165) is 21.5 Å². The van der Waals surface area contributed by atoms with Crippen molar-refractivity contribution in [2.24, 2.45) is 0 Å². The molecular weight excluding hydrogens is 368 g/mol. The third-order valence-electron chi connectivity index (χ3n) is 3.16. The van der Waals surface area contributed by atoms with Crippen LogP contribution in [0.1, 0.15) is 19.0 Å². The maximum absolute atomic E-state index is 12.5.